The van der Waals surface area contributed by atoms with E-state index in [-0.39, 0.29) is 5.91 Å². The number of halogens is 2. The standard InChI is InChI=1S/C13H18F2N2O/c1-17(13(18)3-2-7-16)8-6-10-4-5-11(14)9-12(10)15/h4-5,9H,2-3,6-8,16H2,1H3. The highest BCUT2D eigenvalue weighted by Gasteiger charge is 2.10. The summed E-state index contributed by atoms with van der Waals surface area (Å²) in [5.74, 6) is -1.18. The van der Waals surface area contributed by atoms with Crippen LogP contribution in [0.1, 0.15) is 18.4 Å². The van der Waals surface area contributed by atoms with Crippen LogP contribution in [0.15, 0.2) is 18.2 Å². The maximum Gasteiger partial charge on any atom is 0.222 e. The van der Waals surface area contributed by atoms with Crippen molar-refractivity contribution in [2.45, 2.75) is 19.3 Å². The molecule has 2 N–H and O–H groups in total. The lowest BCUT2D eigenvalue weighted by Gasteiger charge is -2.17. The van der Waals surface area contributed by atoms with Crippen molar-refractivity contribution < 1.29 is 13.6 Å². The molecule has 100 valence electrons. The Labute approximate surface area is 106 Å². The molecule has 1 aromatic rings. The van der Waals surface area contributed by atoms with Crippen molar-refractivity contribution in [1.82, 2.24) is 4.90 Å². The van der Waals surface area contributed by atoms with E-state index in [1.807, 2.05) is 0 Å². The summed E-state index contributed by atoms with van der Waals surface area (Å²) in [5.41, 5.74) is 5.73. The first-order valence-electron chi connectivity index (χ1n) is 5.92. The molecule has 0 atom stereocenters. The van der Waals surface area contributed by atoms with Gasteiger partial charge in [-0.15, -0.1) is 0 Å². The minimum absolute atomic E-state index is 0.0111. The quantitative estimate of drug-likeness (QED) is 0.842. The van der Waals surface area contributed by atoms with E-state index in [2.05, 4.69) is 0 Å². The number of benzene rings is 1. The number of nitrogens with zero attached hydrogens (tertiary/aromatic N) is 1. The van der Waals surface area contributed by atoms with E-state index in [1.54, 1.807) is 11.9 Å². The second kappa shape index (κ2) is 7.06. The minimum atomic E-state index is -0.594. The van der Waals surface area contributed by atoms with E-state index in [0.29, 0.717) is 37.9 Å². The third-order valence-corrected chi connectivity index (χ3v) is 2.75. The fourth-order valence-corrected chi connectivity index (χ4v) is 1.58. The average molecular weight is 256 g/mol. The van der Waals surface area contributed by atoms with Crippen LogP contribution in [-0.4, -0.2) is 30.9 Å². The zero-order valence-corrected chi connectivity index (χ0v) is 10.5. The second-order valence-electron chi connectivity index (χ2n) is 4.19. The highest BCUT2D eigenvalue weighted by atomic mass is 19.1. The number of hydrogen-bond acceptors (Lipinski definition) is 2. The Morgan fingerprint density at radius 1 is 1.39 bits per heavy atom. The molecule has 3 nitrogen and oxygen atoms in total. The molecule has 0 unspecified atom stereocenters. The number of carbonyl (C=O) groups excluding carboxylic acids is 1. The van der Waals surface area contributed by atoms with Gasteiger partial charge in [-0.1, -0.05) is 6.07 Å². The third kappa shape index (κ3) is 4.41. The monoisotopic (exact) mass is 256 g/mol. The number of carbonyl (C=O) groups is 1. The van der Waals surface area contributed by atoms with Gasteiger partial charge in [0.05, 0.1) is 0 Å². The van der Waals surface area contributed by atoms with Gasteiger partial charge in [0.15, 0.2) is 0 Å². The summed E-state index contributed by atoms with van der Waals surface area (Å²) in [4.78, 5) is 13.1. The van der Waals surface area contributed by atoms with Crippen LogP contribution in [0.5, 0.6) is 0 Å². The van der Waals surface area contributed by atoms with Crippen molar-refractivity contribution >= 4 is 5.91 Å². The molecule has 0 heterocycles. The second-order valence-corrected chi connectivity index (χ2v) is 4.19. The van der Waals surface area contributed by atoms with Gasteiger partial charge in [-0.25, -0.2) is 8.78 Å². The molecule has 18 heavy (non-hydrogen) atoms. The van der Waals surface area contributed by atoms with Crippen molar-refractivity contribution in [1.29, 1.82) is 0 Å². The summed E-state index contributed by atoms with van der Waals surface area (Å²) >= 11 is 0. The molecule has 0 spiro atoms. The van der Waals surface area contributed by atoms with Gasteiger partial charge in [-0.05, 0) is 31.0 Å². The predicted octanol–water partition coefficient (Wildman–Crippen LogP) is 1.70. The fourth-order valence-electron chi connectivity index (χ4n) is 1.58. The average Bonchev–Trinajstić information content (AvgIpc) is 2.34. The van der Waals surface area contributed by atoms with Gasteiger partial charge in [-0.3, -0.25) is 4.79 Å². The molecule has 0 aliphatic rings. The summed E-state index contributed by atoms with van der Waals surface area (Å²) in [6, 6.07) is 3.48. The maximum absolute atomic E-state index is 13.3. The Hall–Kier alpha value is -1.49. The largest absolute Gasteiger partial charge is 0.345 e. The van der Waals surface area contributed by atoms with Crippen LogP contribution in [-0.2, 0) is 11.2 Å². The highest BCUT2D eigenvalue weighted by molar-refractivity contribution is 5.75. The van der Waals surface area contributed by atoms with Crippen LogP contribution < -0.4 is 5.73 Å². The molecule has 5 heteroatoms. The van der Waals surface area contributed by atoms with Crippen LogP contribution >= 0.6 is 0 Å². The molecular formula is C13H18F2N2O. The van der Waals surface area contributed by atoms with E-state index in [1.165, 1.54) is 12.1 Å². The fraction of sp³-hybridized carbons (Fsp3) is 0.462. The summed E-state index contributed by atoms with van der Waals surface area (Å²) in [5, 5.41) is 0. The first-order chi connectivity index (χ1) is 8.54. The zero-order chi connectivity index (χ0) is 13.5. The molecule has 1 amide bonds. The molecule has 0 aliphatic carbocycles. The minimum Gasteiger partial charge on any atom is -0.345 e. The molecule has 0 saturated carbocycles. The van der Waals surface area contributed by atoms with E-state index >= 15 is 0 Å². The van der Waals surface area contributed by atoms with Crippen molar-refractivity contribution in [2.24, 2.45) is 5.73 Å². The molecule has 0 radical (unpaired) electrons. The van der Waals surface area contributed by atoms with Crippen LogP contribution in [0.4, 0.5) is 8.78 Å². The molecule has 1 aromatic carbocycles. The van der Waals surface area contributed by atoms with Gasteiger partial charge in [0.2, 0.25) is 5.91 Å². The number of amides is 1. The SMILES string of the molecule is CN(CCc1ccc(F)cc1F)C(=O)CCCN. The third-order valence-electron chi connectivity index (χ3n) is 2.75. The van der Waals surface area contributed by atoms with Gasteiger partial charge < -0.3 is 10.6 Å². The number of hydrogen-bond donors (Lipinski definition) is 1. The van der Waals surface area contributed by atoms with Crippen LogP contribution in [0.3, 0.4) is 0 Å². The number of likely N-dealkylation sites (N-methyl/N-ethyl adjacent to an activating group) is 1. The van der Waals surface area contributed by atoms with Crippen molar-refractivity contribution in [3.8, 4) is 0 Å². The molecule has 1 rings (SSSR count). The predicted molar refractivity (Wildman–Crippen MR) is 66.0 cm³/mol. The lowest BCUT2D eigenvalue weighted by Crippen LogP contribution is -2.29. The molecule has 0 saturated heterocycles. The lowest BCUT2D eigenvalue weighted by atomic mass is 10.1. The lowest BCUT2D eigenvalue weighted by molar-refractivity contribution is -0.129. The Kier molecular flexibility index (Phi) is 5.71. The van der Waals surface area contributed by atoms with E-state index < -0.39 is 11.6 Å². The van der Waals surface area contributed by atoms with Gasteiger partial charge in [-0.2, -0.15) is 0 Å². The summed E-state index contributed by atoms with van der Waals surface area (Å²) in [6.07, 6.45) is 1.42. The Bertz CT molecular complexity index is 410. The number of nitrogens with two attached hydrogens (primary N) is 1. The van der Waals surface area contributed by atoms with Crippen molar-refractivity contribution in [3.05, 3.63) is 35.4 Å². The molecular weight excluding hydrogens is 238 g/mol. The van der Waals surface area contributed by atoms with Gasteiger partial charge in [0.1, 0.15) is 11.6 Å². The molecule has 0 fully saturated rings. The Morgan fingerprint density at radius 3 is 2.72 bits per heavy atom. The first kappa shape index (κ1) is 14.6. The topological polar surface area (TPSA) is 46.3 Å². The normalized spacial score (nSPS) is 10.4. The van der Waals surface area contributed by atoms with Gasteiger partial charge in [0, 0.05) is 26.1 Å². The summed E-state index contributed by atoms with van der Waals surface area (Å²) in [6.45, 7) is 0.887. The summed E-state index contributed by atoms with van der Waals surface area (Å²) < 4.78 is 26.0. The van der Waals surface area contributed by atoms with Crippen molar-refractivity contribution in [3.63, 3.8) is 0 Å². The van der Waals surface area contributed by atoms with E-state index in [0.717, 1.165) is 6.07 Å². The number of rotatable bonds is 6. The highest BCUT2D eigenvalue weighted by Crippen LogP contribution is 2.10. The van der Waals surface area contributed by atoms with Crippen LogP contribution in [0.2, 0.25) is 0 Å². The van der Waals surface area contributed by atoms with Crippen molar-refractivity contribution in [2.75, 3.05) is 20.1 Å². The van der Waals surface area contributed by atoms with E-state index in [4.69, 9.17) is 5.73 Å². The molecule has 0 aliphatic heterocycles. The summed E-state index contributed by atoms with van der Waals surface area (Å²) in [7, 11) is 1.67. The Balaban J connectivity index is 2.46. The van der Waals surface area contributed by atoms with E-state index in [9.17, 15) is 13.6 Å². The Morgan fingerprint density at radius 2 is 2.11 bits per heavy atom. The smallest absolute Gasteiger partial charge is 0.222 e. The van der Waals surface area contributed by atoms with Gasteiger partial charge in [0.25, 0.3) is 0 Å². The maximum atomic E-state index is 13.3. The van der Waals surface area contributed by atoms with Gasteiger partial charge >= 0.3 is 0 Å². The van der Waals surface area contributed by atoms with Crippen LogP contribution in [0, 0.1) is 11.6 Å². The molecule has 0 bridgehead atoms. The molecule has 0 aromatic heterocycles. The zero-order valence-electron chi connectivity index (χ0n) is 10.5. The van der Waals surface area contributed by atoms with Crippen LogP contribution in [0.25, 0.3) is 0 Å². The first-order valence-corrected chi connectivity index (χ1v) is 5.92.